The van der Waals surface area contributed by atoms with Crippen LogP contribution in [0.25, 0.3) is 10.9 Å². The number of hydrogen-bond acceptors (Lipinski definition) is 6. The van der Waals surface area contributed by atoms with Crippen molar-refractivity contribution in [3.05, 3.63) is 68.9 Å². The summed E-state index contributed by atoms with van der Waals surface area (Å²) in [7, 11) is 1.91. The van der Waals surface area contributed by atoms with Crippen molar-refractivity contribution >= 4 is 34.3 Å². The number of ether oxygens (including phenoxy) is 1. The number of rotatable bonds is 4. The van der Waals surface area contributed by atoms with Gasteiger partial charge in [-0.05, 0) is 26.1 Å². The van der Waals surface area contributed by atoms with Gasteiger partial charge >= 0.3 is 5.97 Å². The molecule has 5 rings (SSSR count). The first-order chi connectivity index (χ1) is 16.7. The van der Waals surface area contributed by atoms with E-state index >= 15 is 8.78 Å². The van der Waals surface area contributed by atoms with Crippen molar-refractivity contribution in [2.45, 2.75) is 17.3 Å². The van der Waals surface area contributed by atoms with Gasteiger partial charge in [-0.3, -0.25) is 4.79 Å². The minimum Gasteiger partial charge on any atom is -0.462 e. The Hall–Kier alpha value is -3.05. The van der Waals surface area contributed by atoms with Gasteiger partial charge in [-0.15, -0.1) is 0 Å². The number of hydrogen-bond donors (Lipinski definition) is 0. The zero-order valence-corrected chi connectivity index (χ0v) is 19.7. The molecule has 1 atom stereocenters. The topological polar surface area (TPSA) is 54.8 Å². The first-order valence-electron chi connectivity index (χ1n) is 11.0. The molecule has 35 heavy (non-hydrogen) atoms. The zero-order chi connectivity index (χ0) is 25.0. The number of thioether (sulfide) groups is 1. The Balaban J connectivity index is 1.78. The SMILES string of the molecule is CCOC(=O)c1c2n(c3c(F)c(N4CCN(C)CC4)c(F)cc3c1=O)C(c1ccc(F)cc1F)S2. The van der Waals surface area contributed by atoms with E-state index < -0.39 is 40.0 Å². The highest BCUT2D eigenvalue weighted by Crippen LogP contribution is 2.51. The minimum absolute atomic E-state index is 0.0124. The number of likely N-dealkylation sites (N-methyl/N-ethyl adjacent to an activating group) is 1. The standard InChI is InChI=1S/C24H21F4N3O3S/c1-3-34-24(33)17-21(32)14-11-16(27)20(30-8-6-29(2)7-9-30)18(28)19(14)31-22(35-23(17)31)13-5-4-12(25)10-15(13)26/h4-5,10-11,22H,3,6-9H2,1-2H3. The number of benzene rings is 2. The molecule has 0 saturated carbocycles. The highest BCUT2D eigenvalue weighted by atomic mass is 32.2. The van der Waals surface area contributed by atoms with Gasteiger partial charge in [0.05, 0.1) is 22.5 Å². The molecule has 0 spiro atoms. The number of nitrogens with zero attached hydrogens (tertiary/aromatic N) is 3. The molecule has 0 amide bonds. The second kappa shape index (κ2) is 8.87. The molecule has 0 aliphatic carbocycles. The van der Waals surface area contributed by atoms with Crippen LogP contribution >= 0.6 is 11.8 Å². The van der Waals surface area contributed by atoms with E-state index in [1.807, 2.05) is 11.9 Å². The zero-order valence-electron chi connectivity index (χ0n) is 18.9. The maximum absolute atomic E-state index is 16.1. The smallest absolute Gasteiger partial charge is 0.344 e. The minimum atomic E-state index is -0.967. The van der Waals surface area contributed by atoms with Crippen LogP contribution in [0.2, 0.25) is 0 Å². The van der Waals surface area contributed by atoms with Crippen molar-refractivity contribution in [3.63, 3.8) is 0 Å². The van der Waals surface area contributed by atoms with Crippen molar-refractivity contribution in [2.24, 2.45) is 0 Å². The number of carbonyl (C=O) groups is 1. The van der Waals surface area contributed by atoms with Gasteiger partial charge in [-0.25, -0.2) is 22.4 Å². The molecule has 1 unspecified atom stereocenters. The van der Waals surface area contributed by atoms with Crippen LogP contribution in [0.15, 0.2) is 34.1 Å². The first-order valence-corrected chi connectivity index (χ1v) is 11.9. The van der Waals surface area contributed by atoms with Crippen molar-refractivity contribution in [1.29, 1.82) is 0 Å². The fourth-order valence-electron chi connectivity index (χ4n) is 4.52. The Morgan fingerprint density at radius 3 is 2.46 bits per heavy atom. The lowest BCUT2D eigenvalue weighted by Crippen LogP contribution is -2.45. The summed E-state index contributed by atoms with van der Waals surface area (Å²) in [5, 5.41) is -1.16. The summed E-state index contributed by atoms with van der Waals surface area (Å²) in [5.74, 6) is -4.47. The van der Waals surface area contributed by atoms with Gasteiger partial charge in [0.1, 0.15) is 34.1 Å². The average molecular weight is 508 g/mol. The molecule has 11 heteroatoms. The molecule has 6 nitrogen and oxygen atoms in total. The summed E-state index contributed by atoms with van der Waals surface area (Å²) in [6.07, 6.45) is 0. The first kappa shape index (κ1) is 23.7. The monoisotopic (exact) mass is 507 g/mol. The number of fused-ring (bicyclic) bond motifs is 3. The van der Waals surface area contributed by atoms with E-state index in [2.05, 4.69) is 0 Å². The molecule has 3 heterocycles. The fraction of sp³-hybridized carbons (Fsp3) is 0.333. The summed E-state index contributed by atoms with van der Waals surface area (Å²) in [6.45, 7) is 3.49. The van der Waals surface area contributed by atoms with Gasteiger partial charge in [0.15, 0.2) is 5.82 Å². The highest BCUT2D eigenvalue weighted by Gasteiger charge is 2.40. The number of halogens is 4. The second-order valence-corrected chi connectivity index (χ2v) is 9.51. The van der Waals surface area contributed by atoms with Crippen LogP contribution in [0.3, 0.4) is 0 Å². The molecule has 2 aliphatic heterocycles. The molecular weight excluding hydrogens is 486 g/mol. The Labute approximate surface area is 202 Å². The normalized spacial score (nSPS) is 17.9. The second-order valence-electron chi connectivity index (χ2n) is 8.44. The van der Waals surface area contributed by atoms with Gasteiger partial charge in [-0.1, -0.05) is 17.8 Å². The van der Waals surface area contributed by atoms with Crippen LogP contribution in [0, 0.1) is 23.3 Å². The molecule has 2 aromatic carbocycles. The van der Waals surface area contributed by atoms with Crippen molar-refractivity contribution < 1.29 is 27.1 Å². The molecule has 0 radical (unpaired) electrons. The van der Waals surface area contributed by atoms with Crippen LogP contribution in [0.1, 0.15) is 28.2 Å². The molecule has 0 N–H and O–H groups in total. The lowest BCUT2D eigenvalue weighted by molar-refractivity contribution is 0.0518. The Bertz CT molecular complexity index is 1420. The third-order valence-electron chi connectivity index (χ3n) is 6.30. The summed E-state index contributed by atoms with van der Waals surface area (Å²) in [5.41, 5.74) is -1.71. The fourth-order valence-corrected chi connectivity index (χ4v) is 5.81. The van der Waals surface area contributed by atoms with Crippen molar-refractivity contribution in [3.8, 4) is 0 Å². The van der Waals surface area contributed by atoms with E-state index in [4.69, 9.17) is 4.74 Å². The van der Waals surface area contributed by atoms with Gasteiger partial charge in [-0.2, -0.15) is 0 Å². The molecule has 2 aliphatic rings. The number of esters is 1. The molecule has 0 bridgehead atoms. The van der Waals surface area contributed by atoms with Gasteiger partial charge in [0.25, 0.3) is 0 Å². The molecular formula is C24H21F4N3O3S. The summed E-state index contributed by atoms with van der Waals surface area (Å²) in [4.78, 5) is 29.4. The molecule has 1 saturated heterocycles. The van der Waals surface area contributed by atoms with Gasteiger partial charge in [0.2, 0.25) is 5.43 Å². The Kier molecular flexibility index (Phi) is 6.00. The van der Waals surface area contributed by atoms with E-state index in [-0.39, 0.29) is 39.4 Å². The number of pyridine rings is 1. The third-order valence-corrected chi connectivity index (χ3v) is 7.61. The highest BCUT2D eigenvalue weighted by molar-refractivity contribution is 8.00. The average Bonchev–Trinajstić information content (AvgIpc) is 2.79. The van der Waals surface area contributed by atoms with E-state index in [9.17, 15) is 18.4 Å². The number of piperazine rings is 1. The molecule has 1 fully saturated rings. The lowest BCUT2D eigenvalue weighted by atomic mass is 10.1. The number of carbonyl (C=O) groups excluding carboxylic acids is 1. The van der Waals surface area contributed by atoms with Crippen LogP contribution in [-0.2, 0) is 4.74 Å². The van der Waals surface area contributed by atoms with Crippen LogP contribution < -0.4 is 10.3 Å². The van der Waals surface area contributed by atoms with Gasteiger partial charge in [0, 0.05) is 37.8 Å². The maximum atomic E-state index is 16.1. The van der Waals surface area contributed by atoms with Crippen LogP contribution in [-0.4, -0.2) is 55.3 Å². The van der Waals surface area contributed by atoms with Crippen molar-refractivity contribution in [1.82, 2.24) is 9.47 Å². The third kappa shape index (κ3) is 3.77. The van der Waals surface area contributed by atoms with Gasteiger partial charge < -0.3 is 19.1 Å². The predicted octanol–water partition coefficient (Wildman–Crippen LogP) is 4.14. The van der Waals surface area contributed by atoms with Crippen LogP contribution in [0.4, 0.5) is 23.2 Å². The number of aromatic nitrogens is 1. The predicted molar refractivity (Wildman–Crippen MR) is 124 cm³/mol. The van der Waals surface area contributed by atoms with E-state index in [1.54, 1.807) is 11.8 Å². The summed E-state index contributed by atoms with van der Waals surface area (Å²) in [6, 6.07) is 3.92. The summed E-state index contributed by atoms with van der Waals surface area (Å²) >= 11 is 0.956. The van der Waals surface area contributed by atoms with Crippen molar-refractivity contribution in [2.75, 3.05) is 44.7 Å². The lowest BCUT2D eigenvalue weighted by Gasteiger charge is -2.37. The maximum Gasteiger partial charge on any atom is 0.344 e. The van der Waals surface area contributed by atoms with E-state index in [0.29, 0.717) is 32.2 Å². The molecule has 184 valence electrons. The Morgan fingerprint density at radius 2 is 1.80 bits per heavy atom. The molecule has 3 aromatic rings. The van der Waals surface area contributed by atoms with E-state index in [1.165, 1.54) is 10.6 Å². The quantitative estimate of drug-likeness (QED) is 0.391. The molecule has 1 aromatic heterocycles. The number of anilines is 1. The Morgan fingerprint density at radius 1 is 1.09 bits per heavy atom. The van der Waals surface area contributed by atoms with Crippen LogP contribution in [0.5, 0.6) is 0 Å². The van der Waals surface area contributed by atoms with E-state index in [0.717, 1.165) is 23.9 Å². The summed E-state index contributed by atoms with van der Waals surface area (Å²) < 4.78 is 65.8. The largest absolute Gasteiger partial charge is 0.462 e.